The van der Waals surface area contributed by atoms with Crippen LogP contribution in [-0.4, -0.2) is 0 Å². The van der Waals surface area contributed by atoms with Crippen LogP contribution >= 0.6 is 0 Å². The smallest absolute Gasteiger partial charge is 0.416 e. The molecule has 3 nitrogen and oxygen atoms in total. The van der Waals surface area contributed by atoms with Crippen molar-refractivity contribution >= 4 is 11.4 Å². The van der Waals surface area contributed by atoms with E-state index in [-0.39, 0.29) is 22.9 Å². The van der Waals surface area contributed by atoms with Crippen molar-refractivity contribution in [2.45, 2.75) is 12.4 Å². The average molecular weight is 336 g/mol. The Balaban J connectivity index is 2.30. The third-order valence-electron chi connectivity index (χ3n) is 2.89. The molecule has 0 saturated heterocycles. The lowest BCUT2D eigenvalue weighted by Crippen LogP contribution is -2.07. The monoisotopic (exact) mass is 336 g/mol. The summed E-state index contributed by atoms with van der Waals surface area (Å²) >= 11 is 0. The Morgan fingerprint density at radius 1 is 0.652 bits per heavy atom. The molecule has 23 heavy (non-hydrogen) atoms. The number of nitrogen functional groups attached to an aromatic ring is 2. The van der Waals surface area contributed by atoms with Crippen LogP contribution in [0.5, 0.6) is 11.5 Å². The van der Waals surface area contributed by atoms with Gasteiger partial charge in [0, 0.05) is 0 Å². The lowest BCUT2D eigenvalue weighted by molar-refractivity contribution is -0.138. The van der Waals surface area contributed by atoms with Crippen LogP contribution in [0, 0.1) is 0 Å². The highest BCUT2D eigenvalue weighted by Crippen LogP contribution is 2.38. The first-order valence-corrected chi connectivity index (χ1v) is 6.10. The number of rotatable bonds is 2. The normalized spacial score (nSPS) is 12.3. The van der Waals surface area contributed by atoms with Crippen LogP contribution in [-0.2, 0) is 12.4 Å². The number of alkyl halides is 6. The molecule has 9 heteroatoms. The lowest BCUT2D eigenvalue weighted by Gasteiger charge is -2.14. The summed E-state index contributed by atoms with van der Waals surface area (Å²) in [6.07, 6.45) is -9.14. The first-order chi connectivity index (χ1) is 10.5. The van der Waals surface area contributed by atoms with Crippen LogP contribution in [0.2, 0.25) is 0 Å². The van der Waals surface area contributed by atoms with Crippen molar-refractivity contribution < 1.29 is 31.1 Å². The van der Waals surface area contributed by atoms with E-state index in [1.165, 1.54) is 0 Å². The molecule has 0 saturated carbocycles. The SMILES string of the molecule is Nc1cc(C(F)(F)F)ccc1Oc1ccc(C(F)(F)F)cc1N. The minimum atomic E-state index is -4.57. The van der Waals surface area contributed by atoms with Gasteiger partial charge in [-0.25, -0.2) is 0 Å². The topological polar surface area (TPSA) is 61.3 Å². The van der Waals surface area contributed by atoms with Crippen LogP contribution in [0.25, 0.3) is 0 Å². The van der Waals surface area contributed by atoms with E-state index < -0.39 is 23.5 Å². The maximum atomic E-state index is 12.5. The molecule has 0 spiro atoms. The number of hydrogen-bond acceptors (Lipinski definition) is 3. The molecule has 2 aromatic rings. The minimum Gasteiger partial charge on any atom is -0.453 e. The van der Waals surface area contributed by atoms with E-state index in [4.69, 9.17) is 16.2 Å². The van der Waals surface area contributed by atoms with Crippen LogP contribution in [0.4, 0.5) is 37.7 Å². The van der Waals surface area contributed by atoms with Gasteiger partial charge in [-0.2, -0.15) is 26.3 Å². The summed E-state index contributed by atoms with van der Waals surface area (Å²) in [6, 6.07) is 4.74. The van der Waals surface area contributed by atoms with Gasteiger partial charge in [0.1, 0.15) is 11.5 Å². The van der Waals surface area contributed by atoms with Crippen molar-refractivity contribution in [3.05, 3.63) is 47.5 Å². The highest BCUT2D eigenvalue weighted by Gasteiger charge is 2.32. The molecule has 0 aliphatic rings. The fourth-order valence-electron chi connectivity index (χ4n) is 1.75. The van der Waals surface area contributed by atoms with Gasteiger partial charge in [-0.05, 0) is 36.4 Å². The molecule has 0 fully saturated rings. The number of benzene rings is 2. The van der Waals surface area contributed by atoms with Gasteiger partial charge in [0.15, 0.2) is 0 Å². The van der Waals surface area contributed by atoms with Crippen molar-refractivity contribution in [3.8, 4) is 11.5 Å². The summed E-state index contributed by atoms with van der Waals surface area (Å²) in [7, 11) is 0. The Morgan fingerprint density at radius 2 is 1.00 bits per heavy atom. The quantitative estimate of drug-likeness (QED) is 0.618. The molecule has 0 radical (unpaired) electrons. The second-order valence-electron chi connectivity index (χ2n) is 4.60. The van der Waals surface area contributed by atoms with Gasteiger partial charge in [0.2, 0.25) is 0 Å². The van der Waals surface area contributed by atoms with Crippen molar-refractivity contribution in [1.82, 2.24) is 0 Å². The summed E-state index contributed by atoms with van der Waals surface area (Å²) in [4.78, 5) is 0. The molecule has 0 bridgehead atoms. The molecule has 0 aliphatic heterocycles. The Morgan fingerprint density at radius 3 is 1.26 bits per heavy atom. The molecule has 2 rings (SSSR count). The van der Waals surface area contributed by atoms with Gasteiger partial charge in [0.05, 0.1) is 22.5 Å². The van der Waals surface area contributed by atoms with E-state index in [9.17, 15) is 26.3 Å². The zero-order chi connectivity index (χ0) is 17.4. The van der Waals surface area contributed by atoms with Gasteiger partial charge >= 0.3 is 12.4 Å². The molecule has 0 heterocycles. The van der Waals surface area contributed by atoms with Gasteiger partial charge in [0.25, 0.3) is 0 Å². The van der Waals surface area contributed by atoms with Crippen molar-refractivity contribution in [2.24, 2.45) is 0 Å². The molecule has 0 unspecified atom stereocenters. The molecular weight excluding hydrogens is 326 g/mol. The van der Waals surface area contributed by atoms with E-state index >= 15 is 0 Å². The minimum absolute atomic E-state index is 0.149. The van der Waals surface area contributed by atoms with Crippen LogP contribution in [0.3, 0.4) is 0 Å². The molecule has 0 aromatic heterocycles. The van der Waals surface area contributed by atoms with Crippen LogP contribution < -0.4 is 16.2 Å². The number of hydrogen-bond donors (Lipinski definition) is 2. The third kappa shape index (κ3) is 3.79. The number of nitrogens with two attached hydrogens (primary N) is 2. The Labute approximate surface area is 126 Å². The fourth-order valence-corrected chi connectivity index (χ4v) is 1.75. The molecule has 124 valence electrons. The number of anilines is 2. The van der Waals surface area contributed by atoms with Crippen molar-refractivity contribution in [3.63, 3.8) is 0 Å². The predicted octanol–water partition coefficient (Wildman–Crippen LogP) is 4.68. The maximum absolute atomic E-state index is 12.5. The summed E-state index contributed by atoms with van der Waals surface area (Å²) in [6.45, 7) is 0. The second kappa shape index (κ2) is 5.56. The molecule has 0 atom stereocenters. The first kappa shape index (κ1) is 16.8. The highest BCUT2D eigenvalue weighted by atomic mass is 19.4. The molecular formula is C14H10F6N2O. The zero-order valence-electron chi connectivity index (χ0n) is 11.3. The summed E-state index contributed by atoms with van der Waals surface area (Å²) < 4.78 is 80.3. The van der Waals surface area contributed by atoms with E-state index in [2.05, 4.69) is 0 Å². The summed E-state index contributed by atoms with van der Waals surface area (Å²) in [5, 5.41) is 0. The Hall–Kier alpha value is -2.58. The van der Waals surface area contributed by atoms with E-state index in [1.807, 2.05) is 0 Å². The van der Waals surface area contributed by atoms with E-state index in [1.54, 1.807) is 0 Å². The summed E-state index contributed by atoms with van der Waals surface area (Å²) in [5.74, 6) is -0.297. The van der Waals surface area contributed by atoms with Gasteiger partial charge in [-0.3, -0.25) is 0 Å². The van der Waals surface area contributed by atoms with Crippen molar-refractivity contribution in [2.75, 3.05) is 11.5 Å². The molecule has 0 aliphatic carbocycles. The van der Waals surface area contributed by atoms with Gasteiger partial charge < -0.3 is 16.2 Å². The lowest BCUT2D eigenvalue weighted by atomic mass is 10.1. The largest absolute Gasteiger partial charge is 0.453 e. The van der Waals surface area contributed by atoms with Crippen LogP contribution in [0.15, 0.2) is 36.4 Å². The number of halogens is 6. The highest BCUT2D eigenvalue weighted by molar-refractivity contribution is 5.60. The predicted molar refractivity (Wildman–Crippen MR) is 71.8 cm³/mol. The van der Waals surface area contributed by atoms with Crippen LogP contribution in [0.1, 0.15) is 11.1 Å². The van der Waals surface area contributed by atoms with Gasteiger partial charge in [-0.1, -0.05) is 0 Å². The third-order valence-corrected chi connectivity index (χ3v) is 2.89. The van der Waals surface area contributed by atoms with E-state index in [0.29, 0.717) is 12.1 Å². The fraction of sp³-hybridized carbons (Fsp3) is 0.143. The standard InChI is InChI=1S/C14H10F6N2O/c15-13(16,17)7-1-3-11(9(21)5-7)23-12-4-2-8(6-10(12)22)14(18,19)20/h1-6H,21-22H2. The number of ether oxygens (including phenoxy) is 1. The maximum Gasteiger partial charge on any atom is 0.416 e. The molecule has 0 amide bonds. The summed E-state index contributed by atoms with van der Waals surface area (Å²) in [5.41, 5.74) is 8.36. The first-order valence-electron chi connectivity index (χ1n) is 6.10. The molecule has 2 aromatic carbocycles. The second-order valence-corrected chi connectivity index (χ2v) is 4.60. The Bertz CT molecular complexity index is 663. The Kier molecular flexibility index (Phi) is 4.06. The van der Waals surface area contributed by atoms with Gasteiger partial charge in [-0.15, -0.1) is 0 Å². The average Bonchev–Trinajstić information content (AvgIpc) is 2.40. The zero-order valence-corrected chi connectivity index (χ0v) is 11.3. The van der Waals surface area contributed by atoms with Crippen molar-refractivity contribution in [1.29, 1.82) is 0 Å². The molecule has 4 N–H and O–H groups in total. The van der Waals surface area contributed by atoms with E-state index in [0.717, 1.165) is 24.3 Å².